The van der Waals surface area contributed by atoms with Crippen molar-refractivity contribution in [2.75, 3.05) is 23.7 Å². The van der Waals surface area contributed by atoms with E-state index in [1.165, 1.54) is 0 Å². The summed E-state index contributed by atoms with van der Waals surface area (Å²) in [6.45, 7) is 1.89. The second-order valence-corrected chi connectivity index (χ2v) is 10.0. The monoisotopic (exact) mass is 461 g/mol. The first-order chi connectivity index (χ1) is 15.8. The van der Waals surface area contributed by atoms with E-state index < -0.39 is 10.0 Å². The Morgan fingerprint density at radius 3 is 2.36 bits per heavy atom. The number of benzene rings is 3. The third kappa shape index (κ3) is 5.09. The summed E-state index contributed by atoms with van der Waals surface area (Å²) >= 11 is 0. The Bertz CT molecular complexity index is 1360. The van der Waals surface area contributed by atoms with Crippen LogP contribution in [0.1, 0.15) is 22.6 Å². The number of carbonyl (C=O) groups is 1. The van der Waals surface area contributed by atoms with Crippen molar-refractivity contribution in [3.8, 4) is 0 Å². The summed E-state index contributed by atoms with van der Waals surface area (Å²) in [5.74, 6) is -0.444. The van der Waals surface area contributed by atoms with Gasteiger partial charge in [-0.3, -0.25) is 9.10 Å². The molecule has 7 heteroatoms. The number of fused-ring (bicyclic) bond motifs is 1. The number of anilines is 1. The highest BCUT2D eigenvalue weighted by Crippen LogP contribution is 2.30. The summed E-state index contributed by atoms with van der Waals surface area (Å²) < 4.78 is 26.1. The number of amides is 1. The van der Waals surface area contributed by atoms with Crippen LogP contribution in [0.5, 0.6) is 0 Å². The molecule has 33 heavy (non-hydrogen) atoms. The van der Waals surface area contributed by atoms with Crippen LogP contribution in [0.2, 0.25) is 0 Å². The van der Waals surface area contributed by atoms with Crippen LogP contribution in [0.3, 0.4) is 0 Å². The molecule has 3 aromatic carbocycles. The predicted octanol–water partition coefficient (Wildman–Crippen LogP) is 4.19. The molecule has 4 aromatic rings. The van der Waals surface area contributed by atoms with Crippen molar-refractivity contribution in [3.63, 3.8) is 0 Å². The molecule has 1 amide bonds. The minimum atomic E-state index is -3.63. The number of H-pyrrole nitrogens is 1. The largest absolute Gasteiger partial charge is 0.361 e. The van der Waals surface area contributed by atoms with Gasteiger partial charge in [-0.2, -0.15) is 0 Å². The van der Waals surface area contributed by atoms with E-state index in [-0.39, 0.29) is 18.4 Å². The molecule has 0 radical (unpaired) electrons. The number of carbonyl (C=O) groups excluding carboxylic acids is 1. The standard InChI is InChI=1S/C26H27N3O3S/c1-19-10-6-9-15-25(19)29(33(2,31)32)18-26(30)28-16-22(20-11-4-3-5-12-20)23-17-27-24-14-8-7-13-21(23)24/h3-15,17,22,27H,16,18H2,1-2H3,(H,28,30). The van der Waals surface area contributed by atoms with Gasteiger partial charge in [-0.25, -0.2) is 8.42 Å². The van der Waals surface area contributed by atoms with E-state index in [2.05, 4.69) is 16.4 Å². The van der Waals surface area contributed by atoms with Gasteiger partial charge in [-0.15, -0.1) is 0 Å². The third-order valence-corrected chi connectivity index (χ3v) is 6.90. The summed E-state index contributed by atoms with van der Waals surface area (Å²) in [4.78, 5) is 16.2. The van der Waals surface area contributed by atoms with E-state index in [1.807, 2.05) is 73.8 Å². The highest BCUT2D eigenvalue weighted by Gasteiger charge is 2.24. The predicted molar refractivity (Wildman–Crippen MR) is 133 cm³/mol. The average molecular weight is 462 g/mol. The Morgan fingerprint density at radius 2 is 1.64 bits per heavy atom. The lowest BCUT2D eigenvalue weighted by molar-refractivity contribution is -0.119. The molecule has 1 heterocycles. The Hall–Kier alpha value is -3.58. The van der Waals surface area contributed by atoms with Crippen LogP contribution < -0.4 is 9.62 Å². The van der Waals surface area contributed by atoms with Crippen molar-refractivity contribution < 1.29 is 13.2 Å². The lowest BCUT2D eigenvalue weighted by Crippen LogP contribution is -2.41. The van der Waals surface area contributed by atoms with Crippen LogP contribution in [-0.2, 0) is 14.8 Å². The maximum atomic E-state index is 12.9. The topological polar surface area (TPSA) is 82.3 Å². The Balaban J connectivity index is 1.58. The highest BCUT2D eigenvalue weighted by atomic mass is 32.2. The van der Waals surface area contributed by atoms with Gasteiger partial charge < -0.3 is 10.3 Å². The summed E-state index contributed by atoms with van der Waals surface area (Å²) in [5.41, 5.74) is 4.48. The summed E-state index contributed by atoms with van der Waals surface area (Å²) in [7, 11) is -3.63. The molecule has 1 unspecified atom stereocenters. The number of nitrogens with one attached hydrogen (secondary N) is 2. The van der Waals surface area contributed by atoms with Gasteiger partial charge in [-0.1, -0.05) is 66.7 Å². The van der Waals surface area contributed by atoms with Crippen molar-refractivity contribution in [1.29, 1.82) is 0 Å². The minimum absolute atomic E-state index is 0.0866. The van der Waals surface area contributed by atoms with Gasteiger partial charge in [0.15, 0.2) is 0 Å². The molecule has 1 atom stereocenters. The second kappa shape index (κ2) is 9.50. The van der Waals surface area contributed by atoms with Gasteiger partial charge in [0.2, 0.25) is 15.9 Å². The Kier molecular flexibility index (Phi) is 6.51. The van der Waals surface area contributed by atoms with E-state index in [0.717, 1.165) is 38.2 Å². The van der Waals surface area contributed by atoms with E-state index in [1.54, 1.807) is 12.1 Å². The second-order valence-electron chi connectivity index (χ2n) is 8.11. The summed E-state index contributed by atoms with van der Waals surface area (Å²) in [5, 5.41) is 4.06. The quantitative estimate of drug-likeness (QED) is 0.413. The van der Waals surface area contributed by atoms with Crippen LogP contribution in [-0.4, -0.2) is 38.7 Å². The summed E-state index contributed by atoms with van der Waals surface area (Å²) in [6, 6.07) is 25.2. The zero-order chi connectivity index (χ0) is 23.4. The van der Waals surface area contributed by atoms with Crippen molar-refractivity contribution in [2.24, 2.45) is 0 Å². The molecular formula is C26H27N3O3S. The molecule has 0 aliphatic rings. The number of rotatable bonds is 8. The van der Waals surface area contributed by atoms with Crippen molar-refractivity contribution in [3.05, 3.63) is 102 Å². The first-order valence-electron chi connectivity index (χ1n) is 10.8. The maximum absolute atomic E-state index is 12.9. The number of hydrogen-bond donors (Lipinski definition) is 2. The van der Waals surface area contributed by atoms with Crippen molar-refractivity contribution in [1.82, 2.24) is 10.3 Å². The number of aryl methyl sites for hydroxylation is 1. The number of aromatic amines is 1. The van der Waals surface area contributed by atoms with E-state index in [4.69, 9.17) is 0 Å². The summed E-state index contributed by atoms with van der Waals surface area (Å²) in [6.07, 6.45) is 3.09. The fraction of sp³-hybridized carbons (Fsp3) is 0.192. The van der Waals surface area contributed by atoms with Crippen LogP contribution in [0, 0.1) is 6.92 Å². The Labute approximate surface area is 194 Å². The number of para-hydroxylation sites is 2. The zero-order valence-electron chi connectivity index (χ0n) is 18.7. The number of aromatic nitrogens is 1. The van der Waals surface area contributed by atoms with Gasteiger partial charge in [0, 0.05) is 29.6 Å². The smallest absolute Gasteiger partial charge is 0.240 e. The van der Waals surface area contributed by atoms with Gasteiger partial charge in [0.25, 0.3) is 0 Å². The normalized spacial score (nSPS) is 12.4. The molecule has 0 aliphatic carbocycles. The van der Waals surface area contributed by atoms with E-state index >= 15 is 0 Å². The fourth-order valence-corrected chi connectivity index (χ4v) is 5.02. The number of hydrogen-bond acceptors (Lipinski definition) is 3. The third-order valence-electron chi connectivity index (χ3n) is 5.77. The van der Waals surface area contributed by atoms with Gasteiger partial charge in [0.05, 0.1) is 11.9 Å². The van der Waals surface area contributed by atoms with Crippen molar-refractivity contribution >= 4 is 32.5 Å². The molecule has 0 aliphatic heterocycles. The molecule has 0 spiro atoms. The molecule has 0 saturated carbocycles. The number of nitrogens with zero attached hydrogens (tertiary/aromatic N) is 1. The zero-order valence-corrected chi connectivity index (χ0v) is 19.5. The van der Waals surface area contributed by atoms with Crippen LogP contribution in [0.4, 0.5) is 5.69 Å². The molecule has 1 aromatic heterocycles. The molecule has 0 saturated heterocycles. The lowest BCUT2D eigenvalue weighted by atomic mass is 9.91. The molecular weight excluding hydrogens is 434 g/mol. The minimum Gasteiger partial charge on any atom is -0.361 e. The molecule has 0 bridgehead atoms. The van der Waals surface area contributed by atoms with Crippen LogP contribution in [0.25, 0.3) is 10.9 Å². The Morgan fingerprint density at radius 1 is 0.970 bits per heavy atom. The molecule has 2 N–H and O–H groups in total. The molecule has 4 rings (SSSR count). The SMILES string of the molecule is Cc1ccccc1N(CC(=O)NCC(c1ccccc1)c1c[nH]c2ccccc12)S(C)(=O)=O. The molecule has 6 nitrogen and oxygen atoms in total. The van der Waals surface area contributed by atoms with Crippen LogP contribution in [0.15, 0.2) is 85.1 Å². The molecule has 170 valence electrons. The fourth-order valence-electron chi connectivity index (χ4n) is 4.10. The van der Waals surface area contributed by atoms with Crippen LogP contribution >= 0.6 is 0 Å². The van der Waals surface area contributed by atoms with Gasteiger partial charge in [0.1, 0.15) is 6.54 Å². The maximum Gasteiger partial charge on any atom is 0.240 e. The number of sulfonamides is 1. The van der Waals surface area contributed by atoms with Gasteiger partial charge >= 0.3 is 0 Å². The van der Waals surface area contributed by atoms with E-state index in [9.17, 15) is 13.2 Å². The van der Waals surface area contributed by atoms with Gasteiger partial charge in [-0.05, 0) is 35.7 Å². The van der Waals surface area contributed by atoms with Crippen molar-refractivity contribution in [2.45, 2.75) is 12.8 Å². The first kappa shape index (κ1) is 22.6. The highest BCUT2D eigenvalue weighted by molar-refractivity contribution is 7.92. The lowest BCUT2D eigenvalue weighted by Gasteiger charge is -2.24. The first-order valence-corrected chi connectivity index (χ1v) is 12.6. The van der Waals surface area contributed by atoms with E-state index in [0.29, 0.717) is 12.2 Å². The molecule has 0 fully saturated rings. The average Bonchev–Trinajstić information content (AvgIpc) is 3.22.